The first-order valence-corrected chi connectivity index (χ1v) is 7.87. The van der Waals surface area contributed by atoms with Gasteiger partial charge in [0.15, 0.2) is 0 Å². The van der Waals surface area contributed by atoms with E-state index in [2.05, 4.69) is 22.3 Å². The van der Waals surface area contributed by atoms with Crippen LogP contribution in [0.4, 0.5) is 0 Å². The Morgan fingerprint density at radius 3 is 2.57 bits per heavy atom. The maximum Gasteiger partial charge on any atom is 0.240 e. The Morgan fingerprint density at radius 1 is 1.19 bits per heavy atom. The van der Waals surface area contributed by atoms with Crippen molar-refractivity contribution < 1.29 is 4.79 Å². The van der Waals surface area contributed by atoms with Gasteiger partial charge in [-0.2, -0.15) is 0 Å². The molecular formula is C17H27N3O. The molecule has 116 valence electrons. The average molecular weight is 289 g/mol. The molecule has 4 heteroatoms. The molecule has 1 N–H and O–H groups in total. The summed E-state index contributed by atoms with van der Waals surface area (Å²) in [6.45, 7) is 3.33. The summed E-state index contributed by atoms with van der Waals surface area (Å²) >= 11 is 0. The summed E-state index contributed by atoms with van der Waals surface area (Å²) in [5.41, 5.74) is 1.19. The molecule has 1 heterocycles. The van der Waals surface area contributed by atoms with Crippen LogP contribution >= 0.6 is 0 Å². The van der Waals surface area contributed by atoms with Gasteiger partial charge >= 0.3 is 0 Å². The third-order valence-electron chi connectivity index (χ3n) is 3.95. The summed E-state index contributed by atoms with van der Waals surface area (Å²) in [7, 11) is 4.09. The summed E-state index contributed by atoms with van der Waals surface area (Å²) in [5, 5.41) is 3.37. The fourth-order valence-electron chi connectivity index (χ4n) is 2.67. The highest BCUT2D eigenvalue weighted by Gasteiger charge is 2.25. The van der Waals surface area contributed by atoms with E-state index in [0.717, 1.165) is 32.5 Å². The largest absolute Gasteiger partial charge is 0.336 e. The van der Waals surface area contributed by atoms with E-state index in [1.165, 1.54) is 12.0 Å². The van der Waals surface area contributed by atoms with Gasteiger partial charge in [0, 0.05) is 19.6 Å². The Labute approximate surface area is 128 Å². The molecule has 1 aromatic carbocycles. The second-order valence-corrected chi connectivity index (χ2v) is 6.05. The zero-order valence-electron chi connectivity index (χ0n) is 13.2. The van der Waals surface area contributed by atoms with Gasteiger partial charge in [0.25, 0.3) is 0 Å². The molecule has 4 nitrogen and oxygen atoms in total. The van der Waals surface area contributed by atoms with E-state index in [0.29, 0.717) is 6.54 Å². The van der Waals surface area contributed by atoms with Crippen molar-refractivity contribution in [2.24, 2.45) is 0 Å². The van der Waals surface area contributed by atoms with Crippen LogP contribution in [0, 0.1) is 0 Å². The standard InChI is InChI=1S/C17H27N3O/c1-19(2)12-13-20(14-15-8-4-3-5-9-15)17(21)16-10-6-7-11-18-16/h3-5,8-9,16,18H,6-7,10-14H2,1-2H3. The van der Waals surface area contributed by atoms with Crippen LogP contribution in [-0.2, 0) is 11.3 Å². The number of nitrogens with zero attached hydrogens (tertiary/aromatic N) is 2. The topological polar surface area (TPSA) is 35.6 Å². The zero-order chi connectivity index (χ0) is 15.1. The van der Waals surface area contributed by atoms with Crippen molar-refractivity contribution in [2.75, 3.05) is 33.7 Å². The predicted molar refractivity (Wildman–Crippen MR) is 86.1 cm³/mol. The molecule has 0 aromatic heterocycles. The maximum absolute atomic E-state index is 12.8. The van der Waals surface area contributed by atoms with E-state index in [1.54, 1.807) is 0 Å². The van der Waals surface area contributed by atoms with Gasteiger partial charge in [-0.15, -0.1) is 0 Å². The predicted octanol–water partition coefficient (Wildman–Crippen LogP) is 1.72. The number of carbonyl (C=O) groups excluding carboxylic acids is 1. The number of piperidine rings is 1. The van der Waals surface area contributed by atoms with Gasteiger partial charge in [0.1, 0.15) is 0 Å². The number of carbonyl (C=O) groups is 1. The summed E-state index contributed by atoms with van der Waals surface area (Å²) < 4.78 is 0. The molecule has 1 aliphatic rings. The number of hydrogen-bond donors (Lipinski definition) is 1. The number of amides is 1. The van der Waals surface area contributed by atoms with Crippen molar-refractivity contribution in [3.8, 4) is 0 Å². The molecule has 0 saturated carbocycles. The van der Waals surface area contributed by atoms with Gasteiger partial charge in [-0.05, 0) is 39.0 Å². The van der Waals surface area contributed by atoms with Crippen LogP contribution in [0.1, 0.15) is 24.8 Å². The smallest absolute Gasteiger partial charge is 0.240 e. The van der Waals surface area contributed by atoms with Gasteiger partial charge in [0.2, 0.25) is 5.91 Å². The van der Waals surface area contributed by atoms with E-state index < -0.39 is 0 Å². The molecule has 1 saturated heterocycles. The number of hydrogen-bond acceptors (Lipinski definition) is 3. The van der Waals surface area contributed by atoms with Gasteiger partial charge in [-0.25, -0.2) is 0 Å². The molecule has 0 spiro atoms. The molecule has 21 heavy (non-hydrogen) atoms. The van der Waals surface area contributed by atoms with Crippen molar-refractivity contribution in [3.05, 3.63) is 35.9 Å². The fraction of sp³-hybridized carbons (Fsp3) is 0.588. The number of nitrogens with one attached hydrogen (secondary N) is 1. The van der Waals surface area contributed by atoms with Crippen LogP contribution in [0.15, 0.2) is 30.3 Å². The number of likely N-dealkylation sites (N-methyl/N-ethyl adjacent to an activating group) is 1. The van der Waals surface area contributed by atoms with Crippen LogP contribution < -0.4 is 5.32 Å². The molecule has 1 unspecified atom stereocenters. The zero-order valence-corrected chi connectivity index (χ0v) is 13.2. The monoisotopic (exact) mass is 289 g/mol. The molecular weight excluding hydrogens is 262 g/mol. The van der Waals surface area contributed by atoms with Crippen molar-refractivity contribution in [2.45, 2.75) is 31.8 Å². The normalized spacial score (nSPS) is 18.7. The minimum absolute atomic E-state index is 0.00428. The van der Waals surface area contributed by atoms with Crippen molar-refractivity contribution >= 4 is 5.91 Å². The van der Waals surface area contributed by atoms with Crippen LogP contribution in [0.25, 0.3) is 0 Å². The Hall–Kier alpha value is -1.39. The first-order valence-electron chi connectivity index (χ1n) is 7.87. The van der Waals surface area contributed by atoms with Crippen LogP contribution in [0.3, 0.4) is 0 Å². The summed E-state index contributed by atoms with van der Waals surface area (Å²) in [5.74, 6) is 0.250. The lowest BCUT2D eigenvalue weighted by molar-refractivity contribution is -0.134. The second-order valence-electron chi connectivity index (χ2n) is 6.05. The fourth-order valence-corrected chi connectivity index (χ4v) is 2.67. The molecule has 1 atom stereocenters. The molecule has 0 bridgehead atoms. The first-order chi connectivity index (χ1) is 10.2. The van der Waals surface area contributed by atoms with Crippen LogP contribution in [0.2, 0.25) is 0 Å². The third-order valence-corrected chi connectivity index (χ3v) is 3.95. The molecule has 1 fully saturated rings. The Balaban J connectivity index is 2.01. The molecule has 1 aliphatic heterocycles. The van der Waals surface area contributed by atoms with E-state index in [-0.39, 0.29) is 11.9 Å². The molecule has 1 amide bonds. The van der Waals surface area contributed by atoms with Crippen molar-refractivity contribution in [1.29, 1.82) is 0 Å². The number of rotatable bonds is 6. The van der Waals surface area contributed by atoms with Gasteiger partial charge < -0.3 is 15.1 Å². The van der Waals surface area contributed by atoms with E-state index in [1.807, 2.05) is 37.2 Å². The summed E-state index contributed by atoms with van der Waals surface area (Å²) in [6, 6.07) is 10.3. The number of benzene rings is 1. The summed E-state index contributed by atoms with van der Waals surface area (Å²) in [6.07, 6.45) is 3.29. The minimum atomic E-state index is 0.00428. The average Bonchev–Trinajstić information content (AvgIpc) is 2.52. The van der Waals surface area contributed by atoms with E-state index in [4.69, 9.17) is 0 Å². The van der Waals surface area contributed by atoms with Gasteiger partial charge in [-0.3, -0.25) is 4.79 Å². The highest BCUT2D eigenvalue weighted by atomic mass is 16.2. The summed E-state index contributed by atoms with van der Waals surface area (Å²) in [4.78, 5) is 16.9. The van der Waals surface area contributed by atoms with Gasteiger partial charge in [0.05, 0.1) is 6.04 Å². The Bertz CT molecular complexity index is 427. The quantitative estimate of drug-likeness (QED) is 0.866. The van der Waals surface area contributed by atoms with Crippen LogP contribution in [-0.4, -0.2) is 55.5 Å². The molecule has 2 rings (SSSR count). The lowest BCUT2D eigenvalue weighted by Gasteiger charge is -2.31. The lowest BCUT2D eigenvalue weighted by atomic mass is 10.0. The lowest BCUT2D eigenvalue weighted by Crippen LogP contribution is -2.49. The van der Waals surface area contributed by atoms with Gasteiger partial charge in [-0.1, -0.05) is 36.8 Å². The van der Waals surface area contributed by atoms with E-state index in [9.17, 15) is 4.79 Å². The van der Waals surface area contributed by atoms with E-state index >= 15 is 0 Å². The van der Waals surface area contributed by atoms with Crippen LogP contribution in [0.5, 0.6) is 0 Å². The second kappa shape index (κ2) is 8.15. The third kappa shape index (κ3) is 5.14. The molecule has 1 aromatic rings. The Morgan fingerprint density at radius 2 is 1.95 bits per heavy atom. The highest BCUT2D eigenvalue weighted by molar-refractivity contribution is 5.82. The van der Waals surface area contributed by atoms with Crippen molar-refractivity contribution in [1.82, 2.24) is 15.1 Å². The highest BCUT2D eigenvalue weighted by Crippen LogP contribution is 2.12. The van der Waals surface area contributed by atoms with Crippen molar-refractivity contribution in [3.63, 3.8) is 0 Å². The molecule has 0 aliphatic carbocycles. The Kier molecular flexibility index (Phi) is 6.21. The molecule has 0 radical (unpaired) electrons. The first kappa shape index (κ1) is 16.0. The SMILES string of the molecule is CN(C)CCN(Cc1ccccc1)C(=O)C1CCCCN1. The maximum atomic E-state index is 12.8. The minimum Gasteiger partial charge on any atom is -0.336 e.